The molecule has 1 aromatic carbocycles. The highest BCUT2D eigenvalue weighted by molar-refractivity contribution is 7.85. The summed E-state index contributed by atoms with van der Waals surface area (Å²) in [6, 6.07) is 7.00. The van der Waals surface area contributed by atoms with Crippen LogP contribution in [0.15, 0.2) is 28.7 Å². The molecule has 1 unspecified atom stereocenters. The number of methoxy groups -OCH3 is 3. The molecule has 0 aliphatic carbocycles. The van der Waals surface area contributed by atoms with Crippen molar-refractivity contribution >= 4 is 28.8 Å². The predicted octanol–water partition coefficient (Wildman–Crippen LogP) is 2.78. The van der Waals surface area contributed by atoms with Crippen molar-refractivity contribution < 1.29 is 32.7 Å². The third-order valence-corrected chi connectivity index (χ3v) is 6.38. The number of ether oxygens (including phenoxy) is 4. The lowest BCUT2D eigenvalue weighted by atomic mass is 9.75. The SMILES string of the molecule is CC[C@H]1/C(=N/S(=O)C(C)(C)C)OC(C(=O)OC)(C(=O)OC)[C@@H]1c1cccc(OC)c1. The maximum Gasteiger partial charge on any atom is 0.362 e. The molecule has 0 bridgehead atoms. The van der Waals surface area contributed by atoms with Crippen molar-refractivity contribution in [2.75, 3.05) is 21.3 Å². The molecule has 0 amide bonds. The summed E-state index contributed by atoms with van der Waals surface area (Å²) in [6.45, 7) is 7.20. The second-order valence-electron chi connectivity index (χ2n) is 7.88. The minimum Gasteiger partial charge on any atom is -0.497 e. The summed E-state index contributed by atoms with van der Waals surface area (Å²) in [4.78, 5) is 25.9. The lowest BCUT2D eigenvalue weighted by molar-refractivity contribution is -0.178. The van der Waals surface area contributed by atoms with Gasteiger partial charge in [-0.15, -0.1) is 0 Å². The van der Waals surface area contributed by atoms with Crippen molar-refractivity contribution in [3.8, 4) is 5.75 Å². The number of carbonyl (C=O) groups excluding carboxylic acids is 2. The fourth-order valence-corrected chi connectivity index (χ4v) is 4.08. The standard InChI is InChI=1S/C21H29NO7S/c1-8-15-16(13-10-9-11-14(12-13)26-5)21(18(23)27-6,19(24)28-7)29-17(15)22-30(25)20(2,3)4/h9-12,15-16H,8H2,1-7H3/b22-17-/t15-,16-,30?/m1/s1. The molecule has 1 aromatic rings. The van der Waals surface area contributed by atoms with Crippen LogP contribution in [0, 0.1) is 5.92 Å². The quantitative estimate of drug-likeness (QED) is 0.496. The van der Waals surface area contributed by atoms with Crippen LogP contribution in [0.5, 0.6) is 5.75 Å². The van der Waals surface area contributed by atoms with Gasteiger partial charge in [0.25, 0.3) is 0 Å². The zero-order valence-electron chi connectivity index (χ0n) is 18.4. The van der Waals surface area contributed by atoms with Crippen LogP contribution in [0.1, 0.15) is 45.6 Å². The lowest BCUT2D eigenvalue weighted by Gasteiger charge is -2.29. The lowest BCUT2D eigenvalue weighted by Crippen LogP contribution is -2.52. The van der Waals surface area contributed by atoms with Crippen molar-refractivity contribution in [2.45, 2.75) is 50.4 Å². The Hall–Kier alpha value is -2.42. The van der Waals surface area contributed by atoms with Gasteiger partial charge in [0, 0.05) is 5.92 Å². The number of hydrogen-bond donors (Lipinski definition) is 0. The molecule has 0 spiro atoms. The van der Waals surface area contributed by atoms with Crippen LogP contribution in [0.25, 0.3) is 0 Å². The van der Waals surface area contributed by atoms with E-state index in [1.54, 1.807) is 45.0 Å². The minimum atomic E-state index is -2.11. The van der Waals surface area contributed by atoms with E-state index in [2.05, 4.69) is 4.40 Å². The molecule has 0 N–H and O–H groups in total. The number of rotatable bonds is 6. The number of nitrogens with zero attached hydrogens (tertiary/aromatic N) is 1. The third kappa shape index (κ3) is 4.21. The first-order chi connectivity index (χ1) is 14.1. The van der Waals surface area contributed by atoms with Crippen LogP contribution in [0.2, 0.25) is 0 Å². The van der Waals surface area contributed by atoms with Crippen LogP contribution in [0.3, 0.4) is 0 Å². The number of esters is 2. The van der Waals surface area contributed by atoms with E-state index in [0.29, 0.717) is 17.7 Å². The molecule has 3 atom stereocenters. The highest BCUT2D eigenvalue weighted by Gasteiger charge is 2.66. The highest BCUT2D eigenvalue weighted by Crippen LogP contribution is 2.49. The molecule has 0 radical (unpaired) electrons. The maximum atomic E-state index is 13.0. The van der Waals surface area contributed by atoms with E-state index in [9.17, 15) is 13.8 Å². The Labute approximate surface area is 179 Å². The minimum absolute atomic E-state index is 0.0642. The topological polar surface area (TPSA) is 100 Å². The van der Waals surface area contributed by atoms with Crippen molar-refractivity contribution in [1.29, 1.82) is 0 Å². The fourth-order valence-electron chi connectivity index (χ4n) is 3.47. The summed E-state index contributed by atoms with van der Waals surface area (Å²) in [5.41, 5.74) is -1.50. The Morgan fingerprint density at radius 1 is 1.17 bits per heavy atom. The highest BCUT2D eigenvalue weighted by atomic mass is 32.2. The summed E-state index contributed by atoms with van der Waals surface area (Å²) in [6.07, 6.45) is 0.470. The van der Waals surface area contributed by atoms with Gasteiger partial charge in [0.2, 0.25) is 5.90 Å². The van der Waals surface area contributed by atoms with Crippen LogP contribution >= 0.6 is 0 Å². The van der Waals surface area contributed by atoms with Gasteiger partial charge in [-0.05, 0) is 44.9 Å². The van der Waals surface area contributed by atoms with Crippen LogP contribution in [0.4, 0.5) is 0 Å². The second kappa shape index (κ2) is 9.16. The van der Waals surface area contributed by atoms with Crippen molar-refractivity contribution in [3.05, 3.63) is 29.8 Å². The molecule has 166 valence electrons. The molecule has 1 aliphatic heterocycles. The molecular formula is C21H29NO7S. The number of benzene rings is 1. The Balaban J connectivity index is 2.78. The van der Waals surface area contributed by atoms with Gasteiger partial charge in [0.05, 0.1) is 32.0 Å². The Morgan fingerprint density at radius 3 is 2.23 bits per heavy atom. The average Bonchev–Trinajstić information content (AvgIpc) is 3.06. The van der Waals surface area contributed by atoms with Crippen molar-refractivity contribution in [2.24, 2.45) is 10.3 Å². The van der Waals surface area contributed by atoms with Crippen molar-refractivity contribution in [3.63, 3.8) is 0 Å². The van der Waals surface area contributed by atoms with E-state index < -0.39 is 45.1 Å². The summed E-state index contributed by atoms with van der Waals surface area (Å²) in [7, 11) is 2.20. The summed E-state index contributed by atoms with van der Waals surface area (Å²) >= 11 is 0. The summed E-state index contributed by atoms with van der Waals surface area (Å²) in [5.74, 6) is -2.53. The normalized spacial score (nSPS) is 22.8. The molecule has 1 aliphatic rings. The molecule has 1 heterocycles. The molecule has 0 saturated carbocycles. The van der Waals surface area contributed by atoms with Crippen LogP contribution < -0.4 is 4.74 Å². The van der Waals surface area contributed by atoms with Gasteiger partial charge >= 0.3 is 17.5 Å². The van der Waals surface area contributed by atoms with E-state index in [0.717, 1.165) is 0 Å². The van der Waals surface area contributed by atoms with E-state index in [-0.39, 0.29) is 5.90 Å². The Morgan fingerprint density at radius 2 is 1.77 bits per heavy atom. The first-order valence-electron chi connectivity index (χ1n) is 9.57. The molecular weight excluding hydrogens is 410 g/mol. The molecule has 8 nitrogen and oxygen atoms in total. The van der Waals surface area contributed by atoms with Crippen LogP contribution in [-0.4, -0.2) is 53.7 Å². The fraction of sp³-hybridized carbons (Fsp3) is 0.571. The molecule has 30 heavy (non-hydrogen) atoms. The Kier molecular flexibility index (Phi) is 7.28. The Bertz CT molecular complexity index is 843. The first kappa shape index (κ1) is 23.9. The van der Waals surface area contributed by atoms with Gasteiger partial charge in [0.15, 0.2) is 0 Å². The molecule has 2 rings (SSSR count). The molecule has 1 saturated heterocycles. The smallest absolute Gasteiger partial charge is 0.362 e. The summed E-state index contributed by atoms with van der Waals surface area (Å²) < 4.78 is 37.5. The van der Waals surface area contributed by atoms with Gasteiger partial charge in [-0.25, -0.2) is 13.8 Å². The molecule has 1 fully saturated rings. The zero-order chi connectivity index (χ0) is 22.7. The number of carbonyl (C=O) groups is 2. The second-order valence-corrected chi connectivity index (χ2v) is 9.79. The monoisotopic (exact) mass is 439 g/mol. The molecule has 0 aromatic heterocycles. The van der Waals surface area contributed by atoms with E-state index in [1.165, 1.54) is 21.3 Å². The van der Waals surface area contributed by atoms with Gasteiger partial charge in [-0.2, -0.15) is 4.40 Å². The van der Waals surface area contributed by atoms with Gasteiger partial charge < -0.3 is 18.9 Å². The van der Waals surface area contributed by atoms with Gasteiger partial charge in [-0.1, -0.05) is 19.1 Å². The first-order valence-corrected chi connectivity index (χ1v) is 10.7. The number of hydrogen-bond acceptors (Lipinski definition) is 7. The van der Waals surface area contributed by atoms with Gasteiger partial charge in [0.1, 0.15) is 16.7 Å². The third-order valence-electron chi connectivity index (χ3n) is 4.99. The predicted molar refractivity (Wildman–Crippen MR) is 113 cm³/mol. The molecule has 9 heteroatoms. The van der Waals surface area contributed by atoms with Gasteiger partial charge in [-0.3, -0.25) is 0 Å². The van der Waals surface area contributed by atoms with E-state index in [1.807, 2.05) is 6.92 Å². The van der Waals surface area contributed by atoms with Crippen LogP contribution in [-0.2, 0) is 34.8 Å². The maximum absolute atomic E-state index is 13.0. The summed E-state index contributed by atoms with van der Waals surface area (Å²) in [5, 5.41) is 0. The zero-order valence-corrected chi connectivity index (χ0v) is 19.2. The van der Waals surface area contributed by atoms with E-state index >= 15 is 0 Å². The van der Waals surface area contributed by atoms with Crippen molar-refractivity contribution in [1.82, 2.24) is 0 Å². The average molecular weight is 440 g/mol. The van der Waals surface area contributed by atoms with E-state index in [4.69, 9.17) is 18.9 Å². The largest absolute Gasteiger partial charge is 0.497 e.